The summed E-state index contributed by atoms with van der Waals surface area (Å²) in [6.45, 7) is 1.34. The average Bonchev–Trinajstić information content (AvgIpc) is 2.75. The van der Waals surface area contributed by atoms with E-state index in [4.69, 9.17) is 5.73 Å². The summed E-state index contributed by atoms with van der Waals surface area (Å²) < 4.78 is 1.72. The predicted octanol–water partition coefficient (Wildman–Crippen LogP) is 0.0839. The van der Waals surface area contributed by atoms with Crippen LogP contribution in [0.15, 0.2) is 24.4 Å². The van der Waals surface area contributed by atoms with Crippen LogP contribution in [0.2, 0.25) is 0 Å². The fraction of sp³-hybridized carbons (Fsp3) is 0.333. The lowest BCUT2D eigenvalue weighted by Crippen LogP contribution is -2.08. The number of hydrogen-bond donors (Lipinski definition) is 1. The van der Waals surface area contributed by atoms with Crippen molar-refractivity contribution < 1.29 is 0 Å². The Morgan fingerprint density at radius 3 is 3.00 bits per heavy atom. The van der Waals surface area contributed by atoms with Crippen LogP contribution in [0.25, 0.3) is 11.5 Å². The van der Waals surface area contributed by atoms with Crippen molar-refractivity contribution in [3.8, 4) is 11.5 Å². The summed E-state index contributed by atoms with van der Waals surface area (Å²) in [4.78, 5) is 4.20. The maximum absolute atomic E-state index is 5.44. The van der Waals surface area contributed by atoms with Crippen LogP contribution >= 0.6 is 0 Å². The van der Waals surface area contributed by atoms with Crippen LogP contribution in [-0.2, 0) is 6.54 Å². The van der Waals surface area contributed by atoms with Crippen molar-refractivity contribution in [2.75, 3.05) is 6.54 Å². The molecule has 78 valence electrons. The highest BCUT2D eigenvalue weighted by Crippen LogP contribution is 2.11. The number of rotatable bonds is 4. The van der Waals surface area contributed by atoms with Crippen molar-refractivity contribution in [1.82, 2.24) is 25.2 Å². The van der Waals surface area contributed by atoms with Gasteiger partial charge in [-0.1, -0.05) is 6.07 Å². The molecule has 0 spiro atoms. The lowest BCUT2D eigenvalue weighted by molar-refractivity contribution is 0.568. The second-order valence-corrected chi connectivity index (χ2v) is 3.08. The Morgan fingerprint density at radius 1 is 1.33 bits per heavy atom. The first-order valence-corrected chi connectivity index (χ1v) is 4.79. The Labute approximate surface area is 87.1 Å². The molecule has 15 heavy (non-hydrogen) atoms. The van der Waals surface area contributed by atoms with E-state index in [0.29, 0.717) is 12.4 Å². The van der Waals surface area contributed by atoms with E-state index in [-0.39, 0.29) is 0 Å². The molecule has 6 nitrogen and oxygen atoms in total. The van der Waals surface area contributed by atoms with Crippen LogP contribution in [0.1, 0.15) is 6.42 Å². The van der Waals surface area contributed by atoms with Crippen LogP contribution in [0.5, 0.6) is 0 Å². The molecule has 2 aromatic heterocycles. The molecular formula is C9H12N6. The largest absolute Gasteiger partial charge is 0.330 e. The van der Waals surface area contributed by atoms with Gasteiger partial charge in [-0.2, -0.15) is 0 Å². The van der Waals surface area contributed by atoms with Gasteiger partial charge in [0, 0.05) is 12.7 Å². The van der Waals surface area contributed by atoms with Gasteiger partial charge in [-0.15, -0.1) is 5.10 Å². The van der Waals surface area contributed by atoms with Crippen LogP contribution < -0.4 is 5.73 Å². The molecule has 0 aliphatic carbocycles. The minimum atomic E-state index is 0.627. The van der Waals surface area contributed by atoms with Gasteiger partial charge in [0.05, 0.1) is 0 Å². The van der Waals surface area contributed by atoms with Gasteiger partial charge in [-0.3, -0.25) is 4.98 Å². The van der Waals surface area contributed by atoms with Gasteiger partial charge in [0.15, 0.2) is 0 Å². The lowest BCUT2D eigenvalue weighted by atomic mass is 10.3. The SMILES string of the molecule is NCCCn1nnnc1-c1ccccn1. The van der Waals surface area contributed by atoms with Crippen molar-refractivity contribution in [2.45, 2.75) is 13.0 Å². The monoisotopic (exact) mass is 204 g/mol. The third kappa shape index (κ3) is 2.16. The van der Waals surface area contributed by atoms with Crippen LogP contribution in [0, 0.1) is 0 Å². The lowest BCUT2D eigenvalue weighted by Gasteiger charge is -2.01. The smallest absolute Gasteiger partial charge is 0.200 e. The van der Waals surface area contributed by atoms with E-state index in [1.165, 1.54) is 0 Å². The molecule has 0 aliphatic heterocycles. The third-order valence-electron chi connectivity index (χ3n) is 2.00. The number of aryl methyl sites for hydroxylation is 1. The molecule has 2 N–H and O–H groups in total. The van der Waals surface area contributed by atoms with Crippen molar-refractivity contribution in [1.29, 1.82) is 0 Å². The number of pyridine rings is 1. The molecule has 2 aromatic rings. The van der Waals surface area contributed by atoms with Gasteiger partial charge in [0.1, 0.15) is 5.69 Å². The van der Waals surface area contributed by atoms with Gasteiger partial charge in [-0.05, 0) is 35.5 Å². The molecule has 0 saturated heterocycles. The number of aromatic nitrogens is 5. The van der Waals surface area contributed by atoms with E-state index in [1.807, 2.05) is 18.2 Å². The normalized spacial score (nSPS) is 10.5. The molecule has 6 heteroatoms. The number of nitrogens with two attached hydrogens (primary N) is 1. The molecule has 0 bridgehead atoms. The molecule has 0 fully saturated rings. The van der Waals surface area contributed by atoms with Crippen LogP contribution in [0.4, 0.5) is 0 Å². The fourth-order valence-corrected chi connectivity index (χ4v) is 1.27. The average molecular weight is 204 g/mol. The molecule has 2 heterocycles. The second kappa shape index (κ2) is 4.61. The predicted molar refractivity (Wildman–Crippen MR) is 54.7 cm³/mol. The van der Waals surface area contributed by atoms with E-state index >= 15 is 0 Å². The molecule has 0 aromatic carbocycles. The number of hydrogen-bond acceptors (Lipinski definition) is 5. The minimum absolute atomic E-state index is 0.627. The van der Waals surface area contributed by atoms with Gasteiger partial charge in [0.25, 0.3) is 0 Å². The Kier molecular flexibility index (Phi) is 2.99. The first-order valence-electron chi connectivity index (χ1n) is 4.79. The van der Waals surface area contributed by atoms with Gasteiger partial charge in [-0.25, -0.2) is 4.68 Å². The van der Waals surface area contributed by atoms with Gasteiger partial charge >= 0.3 is 0 Å². The maximum Gasteiger partial charge on any atom is 0.200 e. The van der Waals surface area contributed by atoms with Crippen molar-refractivity contribution in [2.24, 2.45) is 5.73 Å². The van der Waals surface area contributed by atoms with E-state index in [0.717, 1.165) is 18.7 Å². The molecule has 0 atom stereocenters. The zero-order valence-electron chi connectivity index (χ0n) is 8.24. The maximum atomic E-state index is 5.44. The highest BCUT2D eigenvalue weighted by Gasteiger charge is 2.08. The highest BCUT2D eigenvalue weighted by atomic mass is 15.5. The summed E-state index contributed by atoms with van der Waals surface area (Å²) in [5, 5.41) is 11.5. The quantitative estimate of drug-likeness (QED) is 0.762. The third-order valence-corrected chi connectivity index (χ3v) is 2.00. The number of nitrogens with zero attached hydrogens (tertiary/aromatic N) is 5. The molecule has 0 aliphatic rings. The molecule has 0 radical (unpaired) electrons. The molecule has 2 rings (SSSR count). The summed E-state index contributed by atoms with van der Waals surface area (Å²) in [5.74, 6) is 0.684. The van der Waals surface area contributed by atoms with E-state index in [2.05, 4.69) is 20.5 Å². The number of tetrazole rings is 1. The van der Waals surface area contributed by atoms with Crippen LogP contribution in [0.3, 0.4) is 0 Å². The first-order chi connectivity index (χ1) is 7.42. The van der Waals surface area contributed by atoms with E-state index in [9.17, 15) is 0 Å². The standard InChI is InChI=1S/C9H12N6/c10-5-3-7-15-9(12-13-14-15)8-4-1-2-6-11-8/h1-2,4,6H,3,5,7,10H2. The second-order valence-electron chi connectivity index (χ2n) is 3.08. The summed E-state index contributed by atoms with van der Waals surface area (Å²) >= 11 is 0. The Balaban J connectivity index is 2.25. The van der Waals surface area contributed by atoms with Crippen molar-refractivity contribution in [3.63, 3.8) is 0 Å². The van der Waals surface area contributed by atoms with Crippen LogP contribution in [-0.4, -0.2) is 31.7 Å². The Morgan fingerprint density at radius 2 is 2.27 bits per heavy atom. The summed E-state index contributed by atoms with van der Waals surface area (Å²) in [6.07, 6.45) is 2.57. The molecule has 0 saturated carbocycles. The van der Waals surface area contributed by atoms with Gasteiger partial charge < -0.3 is 5.73 Å². The zero-order valence-corrected chi connectivity index (χ0v) is 8.24. The molecule has 0 unspecified atom stereocenters. The van der Waals surface area contributed by atoms with Gasteiger partial charge in [0.2, 0.25) is 5.82 Å². The first kappa shape index (κ1) is 9.72. The summed E-state index contributed by atoms with van der Waals surface area (Å²) in [7, 11) is 0. The highest BCUT2D eigenvalue weighted by molar-refractivity contribution is 5.47. The Hall–Kier alpha value is -1.82. The fourth-order valence-electron chi connectivity index (χ4n) is 1.27. The minimum Gasteiger partial charge on any atom is -0.330 e. The van der Waals surface area contributed by atoms with E-state index < -0.39 is 0 Å². The van der Waals surface area contributed by atoms with Crippen molar-refractivity contribution in [3.05, 3.63) is 24.4 Å². The molecule has 0 amide bonds. The summed E-state index contributed by atoms with van der Waals surface area (Å²) in [5.41, 5.74) is 6.21. The zero-order chi connectivity index (χ0) is 10.5. The Bertz CT molecular complexity index is 410. The molecular weight excluding hydrogens is 192 g/mol. The summed E-state index contributed by atoms with van der Waals surface area (Å²) in [6, 6.07) is 5.65. The van der Waals surface area contributed by atoms with E-state index in [1.54, 1.807) is 10.9 Å². The van der Waals surface area contributed by atoms with Crippen molar-refractivity contribution >= 4 is 0 Å². The topological polar surface area (TPSA) is 82.5 Å².